The maximum Gasteiger partial charge on any atom is 0.180 e. The van der Waals surface area contributed by atoms with Crippen LogP contribution in [-0.2, 0) is 0 Å². The van der Waals surface area contributed by atoms with Gasteiger partial charge < -0.3 is 9.13 Å². The van der Waals surface area contributed by atoms with Crippen LogP contribution in [0.4, 0.5) is 0 Å². The van der Waals surface area contributed by atoms with Crippen LogP contribution in [0.5, 0.6) is 0 Å². The maximum absolute atomic E-state index is 2.97. The Kier molecular flexibility index (Phi) is 7.87. The zero-order chi connectivity index (χ0) is 37.8. The van der Waals surface area contributed by atoms with E-state index in [-0.39, 0.29) is 0 Å². The SMILES string of the molecule is c1ccc(-c2cc([Si](c3ccccc3)(c3ccccc3)c3ccccc3)c3c4ccccc4n(-c4ccc5c6ccccc6n(-c6ccccc6)c5c4)c3c2)cc1. The molecule has 2 aromatic heterocycles. The first-order valence-electron chi connectivity index (χ1n) is 19.7. The fourth-order valence-electron chi connectivity index (χ4n) is 9.45. The number of fused-ring (bicyclic) bond motifs is 6. The van der Waals surface area contributed by atoms with Gasteiger partial charge in [-0.25, -0.2) is 0 Å². The second kappa shape index (κ2) is 13.5. The summed E-state index contributed by atoms with van der Waals surface area (Å²) in [7, 11) is -2.97. The van der Waals surface area contributed by atoms with E-state index in [1.807, 2.05) is 0 Å². The van der Waals surface area contributed by atoms with Gasteiger partial charge in [0.1, 0.15) is 0 Å². The van der Waals surface area contributed by atoms with E-state index in [4.69, 9.17) is 0 Å². The third kappa shape index (κ3) is 5.17. The van der Waals surface area contributed by atoms with E-state index >= 15 is 0 Å². The van der Waals surface area contributed by atoms with Crippen molar-refractivity contribution in [3.05, 3.63) is 231 Å². The fraction of sp³-hybridized carbons (Fsp3) is 0. The first-order chi connectivity index (χ1) is 28.3. The molecule has 0 amide bonds. The predicted octanol–water partition coefficient (Wildman–Crippen LogP) is 10.9. The van der Waals surface area contributed by atoms with Crippen molar-refractivity contribution in [2.45, 2.75) is 0 Å². The summed E-state index contributed by atoms with van der Waals surface area (Å²) >= 11 is 0. The van der Waals surface area contributed by atoms with Crippen LogP contribution >= 0.6 is 0 Å². The van der Waals surface area contributed by atoms with Crippen molar-refractivity contribution in [3.63, 3.8) is 0 Å². The van der Waals surface area contributed by atoms with Gasteiger partial charge in [-0.2, -0.15) is 0 Å². The van der Waals surface area contributed by atoms with Gasteiger partial charge in [0, 0.05) is 32.9 Å². The zero-order valence-electron chi connectivity index (χ0n) is 31.3. The Hall–Kier alpha value is -7.20. The summed E-state index contributed by atoms with van der Waals surface area (Å²) in [6, 6.07) is 85.4. The molecule has 0 bridgehead atoms. The van der Waals surface area contributed by atoms with Gasteiger partial charge in [-0.3, -0.25) is 0 Å². The third-order valence-electron chi connectivity index (χ3n) is 11.8. The molecule has 268 valence electrons. The summed E-state index contributed by atoms with van der Waals surface area (Å²) in [5.41, 5.74) is 9.49. The minimum absolute atomic E-state index is 1.14. The molecule has 0 atom stereocenters. The highest BCUT2D eigenvalue weighted by Gasteiger charge is 2.43. The van der Waals surface area contributed by atoms with Crippen LogP contribution in [0.3, 0.4) is 0 Å². The van der Waals surface area contributed by atoms with Gasteiger partial charge in [-0.15, -0.1) is 0 Å². The Morgan fingerprint density at radius 2 is 0.737 bits per heavy atom. The molecule has 2 heterocycles. The molecule has 9 aromatic carbocycles. The number of para-hydroxylation sites is 3. The van der Waals surface area contributed by atoms with Crippen LogP contribution in [-0.4, -0.2) is 17.2 Å². The summed E-state index contributed by atoms with van der Waals surface area (Å²) in [5.74, 6) is 0. The van der Waals surface area contributed by atoms with Crippen LogP contribution in [0.1, 0.15) is 0 Å². The van der Waals surface area contributed by atoms with Crippen LogP contribution in [0.25, 0.3) is 66.1 Å². The van der Waals surface area contributed by atoms with Crippen molar-refractivity contribution in [3.8, 4) is 22.5 Å². The molecule has 3 heteroatoms. The van der Waals surface area contributed by atoms with Crippen molar-refractivity contribution in [2.24, 2.45) is 0 Å². The molecule has 0 spiro atoms. The standard InChI is InChI=1S/C54H38N2Si/c1-6-20-39(21-7-1)40-36-52-54(53(37-40)57(43-24-10-3-11-25-43,44-26-12-4-13-27-44)45-28-14-5-15-29-45)48-31-17-19-33-50(48)56(52)42-34-35-47-46-30-16-18-32-49(46)55(51(47)38-42)41-22-8-2-9-23-41/h1-38H. The van der Waals surface area contributed by atoms with Crippen LogP contribution in [0.2, 0.25) is 0 Å². The van der Waals surface area contributed by atoms with E-state index in [0.29, 0.717) is 0 Å². The van der Waals surface area contributed by atoms with Crippen LogP contribution < -0.4 is 20.7 Å². The molecule has 0 aliphatic rings. The number of aromatic nitrogens is 2. The molecule has 0 saturated heterocycles. The normalized spacial score (nSPS) is 11.9. The third-order valence-corrected chi connectivity index (χ3v) is 16.6. The summed E-state index contributed by atoms with van der Waals surface area (Å²) in [6.45, 7) is 0. The molecule has 0 aliphatic heterocycles. The highest BCUT2D eigenvalue weighted by molar-refractivity contribution is 7.20. The van der Waals surface area contributed by atoms with Crippen LogP contribution in [0.15, 0.2) is 231 Å². The molecule has 0 unspecified atom stereocenters. The number of hydrogen-bond acceptors (Lipinski definition) is 0. The van der Waals surface area contributed by atoms with E-state index < -0.39 is 8.07 Å². The lowest BCUT2D eigenvalue weighted by Crippen LogP contribution is -2.74. The monoisotopic (exact) mass is 742 g/mol. The van der Waals surface area contributed by atoms with Crippen molar-refractivity contribution < 1.29 is 0 Å². The second-order valence-corrected chi connectivity index (χ2v) is 18.6. The maximum atomic E-state index is 2.53. The molecule has 11 rings (SSSR count). The smallest absolute Gasteiger partial charge is 0.180 e. The van der Waals surface area contributed by atoms with Gasteiger partial charge in [-0.1, -0.05) is 188 Å². The van der Waals surface area contributed by atoms with Gasteiger partial charge in [0.15, 0.2) is 8.07 Å². The number of benzene rings is 9. The molecule has 0 radical (unpaired) electrons. The van der Waals surface area contributed by atoms with E-state index in [2.05, 4.69) is 240 Å². The molecule has 2 nitrogen and oxygen atoms in total. The van der Waals surface area contributed by atoms with Gasteiger partial charge in [0.05, 0.1) is 22.1 Å². The first-order valence-corrected chi connectivity index (χ1v) is 21.7. The molecule has 0 N–H and O–H groups in total. The fourth-order valence-corrected chi connectivity index (χ4v) is 14.5. The van der Waals surface area contributed by atoms with E-state index in [1.54, 1.807) is 0 Å². The van der Waals surface area contributed by atoms with E-state index in [0.717, 1.165) is 11.4 Å². The van der Waals surface area contributed by atoms with E-state index in [9.17, 15) is 0 Å². The lowest BCUT2D eigenvalue weighted by Gasteiger charge is -2.35. The minimum atomic E-state index is -2.97. The highest BCUT2D eigenvalue weighted by atomic mass is 28.3. The molecular formula is C54H38N2Si. The quantitative estimate of drug-likeness (QED) is 0.114. The Bertz CT molecular complexity index is 3110. The highest BCUT2D eigenvalue weighted by Crippen LogP contribution is 2.38. The molecule has 0 saturated carbocycles. The van der Waals surface area contributed by atoms with E-state index in [1.165, 1.54) is 75.5 Å². The topological polar surface area (TPSA) is 9.86 Å². The number of hydrogen-bond donors (Lipinski definition) is 0. The van der Waals surface area contributed by atoms with Gasteiger partial charge in [0.25, 0.3) is 0 Å². The molecule has 0 fully saturated rings. The van der Waals surface area contributed by atoms with Crippen molar-refractivity contribution in [2.75, 3.05) is 0 Å². The number of rotatable bonds is 7. The van der Waals surface area contributed by atoms with Crippen LogP contribution in [0, 0.1) is 0 Å². The summed E-state index contributed by atoms with van der Waals surface area (Å²) in [4.78, 5) is 0. The average molecular weight is 743 g/mol. The van der Waals surface area contributed by atoms with Gasteiger partial charge in [-0.05, 0) is 74.3 Å². The number of nitrogens with zero attached hydrogens (tertiary/aromatic N) is 2. The lowest BCUT2D eigenvalue weighted by molar-refractivity contribution is 1.15. The lowest BCUT2D eigenvalue weighted by atomic mass is 10.0. The Morgan fingerprint density at radius 1 is 0.281 bits per heavy atom. The summed E-state index contributed by atoms with van der Waals surface area (Å²) < 4.78 is 4.94. The molecule has 11 aromatic rings. The second-order valence-electron chi connectivity index (χ2n) is 14.9. The van der Waals surface area contributed by atoms with Gasteiger partial charge in [0.2, 0.25) is 0 Å². The van der Waals surface area contributed by atoms with Gasteiger partial charge >= 0.3 is 0 Å². The molecule has 57 heavy (non-hydrogen) atoms. The van der Waals surface area contributed by atoms with Crippen molar-refractivity contribution >= 4 is 72.4 Å². The minimum Gasteiger partial charge on any atom is -0.309 e. The summed E-state index contributed by atoms with van der Waals surface area (Å²) in [6.07, 6.45) is 0. The molecule has 0 aliphatic carbocycles. The summed E-state index contributed by atoms with van der Waals surface area (Å²) in [5, 5.41) is 10.5. The largest absolute Gasteiger partial charge is 0.309 e. The average Bonchev–Trinajstić information content (AvgIpc) is 3.81. The molecular weight excluding hydrogens is 705 g/mol. The predicted molar refractivity (Wildman–Crippen MR) is 244 cm³/mol. The zero-order valence-corrected chi connectivity index (χ0v) is 32.3. The van der Waals surface area contributed by atoms with Crippen molar-refractivity contribution in [1.82, 2.24) is 9.13 Å². The first kappa shape index (κ1) is 33.2. The Labute approximate surface area is 333 Å². The van der Waals surface area contributed by atoms with Crippen molar-refractivity contribution in [1.29, 1.82) is 0 Å². The Morgan fingerprint density at radius 3 is 1.33 bits per heavy atom. The Balaban J connectivity index is 1.32.